The minimum atomic E-state index is -3.63. The van der Waals surface area contributed by atoms with E-state index in [1.165, 1.54) is 43.9 Å². The highest BCUT2D eigenvalue weighted by Gasteiger charge is 2.39. The molecule has 0 saturated carbocycles. The van der Waals surface area contributed by atoms with Gasteiger partial charge < -0.3 is 9.47 Å². The van der Waals surface area contributed by atoms with E-state index in [9.17, 15) is 12.8 Å². The SMILES string of the molecule is CCCCCCCCCc1cc(F)ccc1NS(=O)(=O)C1C=CC2(CC1)OCCO2. The van der Waals surface area contributed by atoms with E-state index >= 15 is 0 Å². The molecule has 0 bridgehead atoms. The fourth-order valence-electron chi connectivity index (χ4n) is 4.12. The highest BCUT2D eigenvalue weighted by Crippen LogP contribution is 2.33. The molecule has 1 aliphatic carbocycles. The van der Waals surface area contributed by atoms with E-state index < -0.39 is 21.1 Å². The molecule has 1 N–H and O–H groups in total. The third-order valence-electron chi connectivity index (χ3n) is 5.89. The maximum absolute atomic E-state index is 13.8. The predicted octanol–water partition coefficient (Wildman–Crippen LogP) is 5.32. The van der Waals surface area contributed by atoms with Crippen LogP contribution in [0.5, 0.6) is 0 Å². The molecule has 1 aromatic carbocycles. The third kappa shape index (κ3) is 6.28. The van der Waals surface area contributed by atoms with Gasteiger partial charge in [-0.2, -0.15) is 0 Å². The molecule has 5 nitrogen and oxygen atoms in total. The van der Waals surface area contributed by atoms with Gasteiger partial charge in [0.2, 0.25) is 10.0 Å². The zero-order valence-electron chi connectivity index (χ0n) is 17.9. The molecule has 1 unspecified atom stereocenters. The van der Waals surface area contributed by atoms with Crippen LogP contribution in [0.2, 0.25) is 0 Å². The molecule has 3 rings (SSSR count). The monoisotopic (exact) mass is 439 g/mol. The first-order chi connectivity index (χ1) is 14.4. The quantitative estimate of drug-likeness (QED) is 0.374. The first kappa shape index (κ1) is 23.2. The number of anilines is 1. The van der Waals surface area contributed by atoms with Crippen LogP contribution in [0.4, 0.5) is 10.1 Å². The second kappa shape index (κ2) is 10.7. The van der Waals surface area contributed by atoms with Crippen molar-refractivity contribution in [1.29, 1.82) is 0 Å². The van der Waals surface area contributed by atoms with Gasteiger partial charge in [0.25, 0.3) is 0 Å². The maximum atomic E-state index is 13.8. The molecule has 30 heavy (non-hydrogen) atoms. The number of unbranched alkanes of at least 4 members (excludes halogenated alkanes) is 6. The van der Waals surface area contributed by atoms with Gasteiger partial charge in [-0.1, -0.05) is 51.5 Å². The Bertz CT molecular complexity index is 818. The molecule has 1 spiro atoms. The molecule has 1 saturated heterocycles. The average Bonchev–Trinajstić information content (AvgIpc) is 3.17. The van der Waals surface area contributed by atoms with Gasteiger partial charge in [0, 0.05) is 6.42 Å². The molecule has 1 heterocycles. The van der Waals surface area contributed by atoms with Crippen molar-refractivity contribution in [2.24, 2.45) is 0 Å². The molecule has 0 aromatic heterocycles. The number of hydrogen-bond acceptors (Lipinski definition) is 4. The summed E-state index contributed by atoms with van der Waals surface area (Å²) in [6.45, 7) is 3.25. The van der Waals surface area contributed by atoms with Crippen LogP contribution in [-0.2, 0) is 25.9 Å². The Balaban J connectivity index is 1.58. The summed E-state index contributed by atoms with van der Waals surface area (Å²) >= 11 is 0. The fraction of sp³-hybridized carbons (Fsp3) is 0.652. The van der Waals surface area contributed by atoms with Crippen LogP contribution in [-0.4, -0.2) is 32.7 Å². The van der Waals surface area contributed by atoms with Crippen LogP contribution in [0.25, 0.3) is 0 Å². The molecule has 2 aliphatic rings. The predicted molar refractivity (Wildman–Crippen MR) is 117 cm³/mol. The van der Waals surface area contributed by atoms with Crippen molar-refractivity contribution in [3.05, 3.63) is 41.7 Å². The Morgan fingerprint density at radius 2 is 1.80 bits per heavy atom. The molecule has 1 atom stereocenters. The van der Waals surface area contributed by atoms with Crippen molar-refractivity contribution < 1.29 is 22.3 Å². The van der Waals surface area contributed by atoms with Gasteiger partial charge in [-0.15, -0.1) is 0 Å². The number of hydrogen-bond donors (Lipinski definition) is 1. The molecule has 168 valence electrons. The molecule has 1 aliphatic heterocycles. The molecule has 0 amide bonds. The second-order valence-electron chi connectivity index (χ2n) is 8.26. The Hall–Kier alpha value is -1.44. The topological polar surface area (TPSA) is 64.6 Å². The lowest BCUT2D eigenvalue weighted by molar-refractivity contribution is -0.124. The largest absolute Gasteiger partial charge is 0.344 e. The normalized spacial score (nSPS) is 20.7. The summed E-state index contributed by atoms with van der Waals surface area (Å²) in [7, 11) is -3.63. The Labute approximate surface area is 180 Å². The van der Waals surface area contributed by atoms with E-state index in [1.807, 2.05) is 0 Å². The van der Waals surface area contributed by atoms with E-state index in [1.54, 1.807) is 12.2 Å². The summed E-state index contributed by atoms with van der Waals surface area (Å²) in [6.07, 6.45) is 13.1. The van der Waals surface area contributed by atoms with Crippen molar-refractivity contribution >= 4 is 15.7 Å². The first-order valence-electron chi connectivity index (χ1n) is 11.2. The van der Waals surface area contributed by atoms with E-state index in [0.717, 1.165) is 19.3 Å². The summed E-state index contributed by atoms with van der Waals surface area (Å²) in [5, 5.41) is -0.660. The Kier molecular flexibility index (Phi) is 8.31. The van der Waals surface area contributed by atoms with Crippen LogP contribution in [0.3, 0.4) is 0 Å². The molecular formula is C23H34FNO4S. The first-order valence-corrected chi connectivity index (χ1v) is 12.8. The summed E-state index contributed by atoms with van der Waals surface area (Å²) in [6, 6.07) is 4.28. The third-order valence-corrected chi connectivity index (χ3v) is 7.58. The number of sulfonamides is 1. The summed E-state index contributed by atoms with van der Waals surface area (Å²) in [5.74, 6) is -1.10. The van der Waals surface area contributed by atoms with E-state index in [-0.39, 0.29) is 5.82 Å². The van der Waals surface area contributed by atoms with Gasteiger partial charge in [-0.05, 0) is 49.1 Å². The lowest BCUT2D eigenvalue weighted by atomic mass is 10.0. The fourth-order valence-corrected chi connectivity index (χ4v) is 5.49. The zero-order chi connectivity index (χ0) is 21.5. The minimum Gasteiger partial charge on any atom is -0.344 e. The molecule has 1 fully saturated rings. The molecule has 7 heteroatoms. The van der Waals surface area contributed by atoms with Crippen molar-refractivity contribution in [3.63, 3.8) is 0 Å². The Morgan fingerprint density at radius 3 is 2.47 bits per heavy atom. The van der Waals surface area contributed by atoms with Crippen molar-refractivity contribution in [3.8, 4) is 0 Å². The number of rotatable bonds is 11. The number of nitrogens with one attached hydrogen (secondary N) is 1. The van der Waals surface area contributed by atoms with Gasteiger partial charge in [0.05, 0.1) is 24.2 Å². The van der Waals surface area contributed by atoms with Crippen LogP contribution in [0, 0.1) is 5.82 Å². The average molecular weight is 440 g/mol. The smallest absolute Gasteiger partial charge is 0.239 e. The van der Waals surface area contributed by atoms with Crippen molar-refractivity contribution in [2.45, 2.75) is 82.2 Å². The number of halogens is 1. The summed E-state index contributed by atoms with van der Waals surface area (Å²) in [4.78, 5) is 0. The zero-order valence-corrected chi connectivity index (χ0v) is 18.7. The minimum absolute atomic E-state index is 0.342. The number of ether oxygens (including phenoxy) is 2. The Morgan fingerprint density at radius 1 is 1.10 bits per heavy atom. The van der Waals surface area contributed by atoms with E-state index in [4.69, 9.17) is 9.47 Å². The van der Waals surface area contributed by atoms with Crippen molar-refractivity contribution in [2.75, 3.05) is 17.9 Å². The van der Waals surface area contributed by atoms with Crippen LogP contribution < -0.4 is 4.72 Å². The number of benzene rings is 1. The van der Waals surface area contributed by atoms with Gasteiger partial charge in [0.1, 0.15) is 5.82 Å². The molecular weight excluding hydrogens is 405 g/mol. The summed E-state index contributed by atoms with van der Waals surface area (Å²) in [5.41, 5.74) is 1.19. The number of aryl methyl sites for hydroxylation is 1. The highest BCUT2D eigenvalue weighted by molar-refractivity contribution is 7.93. The van der Waals surface area contributed by atoms with Gasteiger partial charge in [-0.25, -0.2) is 12.8 Å². The molecule has 1 aromatic rings. The molecule has 0 radical (unpaired) electrons. The standard InChI is InChI=1S/C23H34FNO4S/c1-2-3-4-5-6-7-8-9-19-18-20(24)10-11-22(19)25-30(26,27)21-12-14-23(15-13-21)28-16-17-29-23/h10-12,14,18,21,25H,2-9,13,15-17H2,1H3. The maximum Gasteiger partial charge on any atom is 0.239 e. The van der Waals surface area contributed by atoms with E-state index in [0.29, 0.717) is 43.7 Å². The van der Waals surface area contributed by atoms with Crippen LogP contribution in [0.15, 0.2) is 30.4 Å². The van der Waals surface area contributed by atoms with Crippen LogP contribution in [0.1, 0.15) is 70.3 Å². The lowest BCUT2D eigenvalue weighted by Gasteiger charge is -2.30. The van der Waals surface area contributed by atoms with Gasteiger partial charge in [0.15, 0.2) is 5.79 Å². The second-order valence-corrected chi connectivity index (χ2v) is 10.2. The van der Waals surface area contributed by atoms with Crippen molar-refractivity contribution in [1.82, 2.24) is 0 Å². The lowest BCUT2D eigenvalue weighted by Crippen LogP contribution is -2.37. The summed E-state index contributed by atoms with van der Waals surface area (Å²) < 4.78 is 53.6. The highest BCUT2D eigenvalue weighted by atomic mass is 32.2. The van der Waals surface area contributed by atoms with Crippen LogP contribution >= 0.6 is 0 Å². The van der Waals surface area contributed by atoms with Gasteiger partial charge in [-0.3, -0.25) is 4.72 Å². The van der Waals surface area contributed by atoms with Gasteiger partial charge >= 0.3 is 0 Å². The van der Waals surface area contributed by atoms with E-state index in [2.05, 4.69) is 11.6 Å².